The van der Waals surface area contributed by atoms with Crippen LogP contribution in [0.25, 0.3) is 10.9 Å². The van der Waals surface area contributed by atoms with Crippen molar-refractivity contribution in [2.45, 2.75) is 44.8 Å². The molecule has 1 aliphatic carbocycles. The molecule has 1 saturated heterocycles. The number of rotatable bonds is 4. The van der Waals surface area contributed by atoms with Gasteiger partial charge < -0.3 is 19.9 Å². The first-order valence-corrected chi connectivity index (χ1v) is 9.40. The molecule has 1 aromatic heterocycles. The number of benzene rings is 1. The van der Waals surface area contributed by atoms with E-state index in [2.05, 4.69) is 28.3 Å². The first kappa shape index (κ1) is 16.6. The second kappa shape index (κ2) is 6.81. The summed E-state index contributed by atoms with van der Waals surface area (Å²) in [5, 5.41) is 4.42. The zero-order valence-corrected chi connectivity index (χ0v) is 15.1. The van der Waals surface area contributed by atoms with E-state index in [0.29, 0.717) is 6.61 Å². The van der Waals surface area contributed by atoms with Crippen molar-refractivity contribution in [2.24, 2.45) is 0 Å². The fraction of sp³-hybridized carbons (Fsp3) is 0.550. The molecule has 0 saturated carbocycles. The molecule has 1 fully saturated rings. The number of para-hydroxylation sites is 1. The highest BCUT2D eigenvalue weighted by Gasteiger charge is 2.33. The molecule has 4 rings (SSSR count). The molecule has 2 aromatic rings. The molecule has 5 heteroatoms. The number of likely N-dealkylation sites (tertiary alicyclic amines) is 1. The highest BCUT2D eigenvalue weighted by molar-refractivity contribution is 6.07. The summed E-state index contributed by atoms with van der Waals surface area (Å²) >= 11 is 0. The van der Waals surface area contributed by atoms with E-state index in [1.54, 1.807) is 0 Å². The predicted molar refractivity (Wildman–Crippen MR) is 99.1 cm³/mol. The smallest absolute Gasteiger partial charge is 0.253 e. The first-order valence-electron chi connectivity index (χ1n) is 9.40. The molecule has 2 aliphatic rings. The van der Waals surface area contributed by atoms with E-state index < -0.39 is 0 Å². The average Bonchev–Trinajstić information content (AvgIpc) is 3.15. The number of ether oxygens (including phenoxy) is 1. The Balaban J connectivity index is 1.61. The van der Waals surface area contributed by atoms with E-state index in [-0.39, 0.29) is 18.1 Å². The number of likely N-dealkylation sites (N-methyl/N-ethyl adjacent to an activating group) is 1. The normalized spacial score (nSPS) is 23.8. The Kier molecular flexibility index (Phi) is 4.52. The largest absolute Gasteiger partial charge is 0.375 e. The van der Waals surface area contributed by atoms with Gasteiger partial charge in [0.1, 0.15) is 0 Å². The molecule has 0 bridgehead atoms. The van der Waals surface area contributed by atoms with Gasteiger partial charge in [-0.05, 0) is 51.3 Å². The Hall–Kier alpha value is -1.85. The number of H-pyrrole nitrogens is 1. The van der Waals surface area contributed by atoms with Crippen LogP contribution in [0.1, 0.15) is 41.4 Å². The molecule has 1 aromatic carbocycles. The average molecular weight is 341 g/mol. The summed E-state index contributed by atoms with van der Waals surface area (Å²) in [5.41, 5.74) is 4.46. The number of nitrogens with zero attached hydrogens (tertiary/aromatic N) is 1. The highest BCUT2D eigenvalue weighted by atomic mass is 16.5. The van der Waals surface area contributed by atoms with Crippen LogP contribution in [0.5, 0.6) is 0 Å². The Morgan fingerprint density at radius 1 is 1.32 bits per heavy atom. The summed E-state index contributed by atoms with van der Waals surface area (Å²) in [6.45, 7) is 4.36. The molecule has 2 heterocycles. The summed E-state index contributed by atoms with van der Waals surface area (Å²) in [6.07, 6.45) is 4.73. The molecule has 2 N–H and O–H groups in total. The number of carbonyl (C=O) groups is 1. The van der Waals surface area contributed by atoms with Gasteiger partial charge in [-0.25, -0.2) is 0 Å². The van der Waals surface area contributed by atoms with E-state index in [4.69, 9.17) is 4.74 Å². The summed E-state index contributed by atoms with van der Waals surface area (Å²) in [7, 11) is 2.07. The highest BCUT2D eigenvalue weighted by Crippen LogP contribution is 2.30. The third-order valence-electron chi connectivity index (χ3n) is 5.52. The van der Waals surface area contributed by atoms with E-state index in [0.717, 1.165) is 37.0 Å². The summed E-state index contributed by atoms with van der Waals surface area (Å²) in [6, 6.07) is 6.10. The summed E-state index contributed by atoms with van der Waals surface area (Å²) < 4.78 is 5.81. The maximum atomic E-state index is 13.0. The van der Waals surface area contributed by atoms with Crippen molar-refractivity contribution in [3.05, 3.63) is 35.0 Å². The van der Waals surface area contributed by atoms with Crippen LogP contribution < -0.4 is 5.32 Å². The molecule has 1 aliphatic heterocycles. The van der Waals surface area contributed by atoms with Gasteiger partial charge in [-0.2, -0.15) is 0 Å². The molecule has 25 heavy (non-hydrogen) atoms. The second-order valence-corrected chi connectivity index (χ2v) is 7.31. The van der Waals surface area contributed by atoms with Gasteiger partial charge in [0.05, 0.1) is 23.2 Å². The number of nitrogens with one attached hydrogen (secondary N) is 2. The Labute approximate surface area is 148 Å². The number of aryl methyl sites for hydroxylation is 2. The standard InChI is InChI=1S/C20H27N3O2/c1-3-25-18-12-23(2)11-17(18)22-20(24)15-9-6-8-14-13-7-4-5-10-16(13)21-19(14)15/h6,8-9,17-18,21H,3-5,7,10-12H2,1-2H3,(H,22,24)/t17-,18-/m0/s1. The molecular formula is C20H27N3O2. The molecule has 2 atom stereocenters. The number of aromatic nitrogens is 1. The van der Waals surface area contributed by atoms with Crippen LogP contribution in [0.2, 0.25) is 0 Å². The van der Waals surface area contributed by atoms with Gasteiger partial charge in [0.15, 0.2) is 0 Å². The van der Waals surface area contributed by atoms with Gasteiger partial charge in [0, 0.05) is 30.8 Å². The van der Waals surface area contributed by atoms with Crippen LogP contribution >= 0.6 is 0 Å². The molecule has 134 valence electrons. The Morgan fingerprint density at radius 3 is 3.00 bits per heavy atom. The van der Waals surface area contributed by atoms with Gasteiger partial charge >= 0.3 is 0 Å². The molecule has 1 amide bonds. The number of hydrogen-bond acceptors (Lipinski definition) is 3. The van der Waals surface area contributed by atoms with Crippen molar-refractivity contribution >= 4 is 16.8 Å². The zero-order chi connectivity index (χ0) is 17.4. The van der Waals surface area contributed by atoms with Gasteiger partial charge in [-0.3, -0.25) is 4.79 Å². The first-order chi connectivity index (χ1) is 12.2. The molecule has 0 unspecified atom stereocenters. The number of amides is 1. The third kappa shape index (κ3) is 3.07. The minimum absolute atomic E-state index is 0.00537. The topological polar surface area (TPSA) is 57.4 Å². The quantitative estimate of drug-likeness (QED) is 0.898. The second-order valence-electron chi connectivity index (χ2n) is 7.31. The molecule has 5 nitrogen and oxygen atoms in total. The van der Waals surface area contributed by atoms with Gasteiger partial charge in [-0.1, -0.05) is 12.1 Å². The van der Waals surface area contributed by atoms with E-state index in [9.17, 15) is 4.79 Å². The van der Waals surface area contributed by atoms with E-state index in [1.807, 2.05) is 19.1 Å². The fourth-order valence-corrected chi connectivity index (χ4v) is 4.35. The van der Waals surface area contributed by atoms with Crippen LogP contribution in [0.15, 0.2) is 18.2 Å². The molecule has 0 spiro atoms. The number of hydrogen-bond donors (Lipinski definition) is 2. The SMILES string of the molecule is CCO[C@H]1CN(C)C[C@@H]1NC(=O)c1cccc2c3c([nH]c12)CCCC3. The van der Waals surface area contributed by atoms with Crippen LogP contribution in [-0.4, -0.2) is 54.7 Å². The lowest BCUT2D eigenvalue weighted by atomic mass is 9.95. The van der Waals surface area contributed by atoms with E-state index in [1.165, 1.54) is 29.5 Å². The van der Waals surface area contributed by atoms with E-state index >= 15 is 0 Å². The minimum Gasteiger partial charge on any atom is -0.375 e. The van der Waals surface area contributed by atoms with Crippen LogP contribution in [-0.2, 0) is 17.6 Å². The number of aromatic amines is 1. The van der Waals surface area contributed by atoms with Crippen LogP contribution in [0.3, 0.4) is 0 Å². The van der Waals surface area contributed by atoms with Crippen molar-refractivity contribution in [3.8, 4) is 0 Å². The lowest BCUT2D eigenvalue weighted by Crippen LogP contribution is -2.44. The maximum absolute atomic E-state index is 13.0. The predicted octanol–water partition coefficient (Wildman–Crippen LogP) is 2.50. The van der Waals surface area contributed by atoms with Crippen molar-refractivity contribution in [1.29, 1.82) is 0 Å². The monoisotopic (exact) mass is 341 g/mol. The lowest BCUT2D eigenvalue weighted by Gasteiger charge is -2.20. The maximum Gasteiger partial charge on any atom is 0.253 e. The van der Waals surface area contributed by atoms with Gasteiger partial charge in [0.25, 0.3) is 5.91 Å². The van der Waals surface area contributed by atoms with Gasteiger partial charge in [0.2, 0.25) is 0 Å². The fourth-order valence-electron chi connectivity index (χ4n) is 4.35. The Bertz CT molecular complexity index is 783. The third-order valence-corrected chi connectivity index (χ3v) is 5.52. The summed E-state index contributed by atoms with van der Waals surface area (Å²) in [4.78, 5) is 18.7. The van der Waals surface area contributed by atoms with Crippen LogP contribution in [0, 0.1) is 0 Å². The zero-order valence-electron chi connectivity index (χ0n) is 15.1. The Morgan fingerprint density at radius 2 is 2.16 bits per heavy atom. The summed E-state index contributed by atoms with van der Waals surface area (Å²) in [5.74, 6) is -0.00537. The van der Waals surface area contributed by atoms with Crippen molar-refractivity contribution in [2.75, 3.05) is 26.7 Å². The van der Waals surface area contributed by atoms with Crippen molar-refractivity contribution in [1.82, 2.24) is 15.2 Å². The van der Waals surface area contributed by atoms with Crippen molar-refractivity contribution < 1.29 is 9.53 Å². The number of fused-ring (bicyclic) bond motifs is 3. The van der Waals surface area contributed by atoms with Gasteiger partial charge in [-0.15, -0.1) is 0 Å². The van der Waals surface area contributed by atoms with Crippen molar-refractivity contribution in [3.63, 3.8) is 0 Å². The molecule has 0 radical (unpaired) electrons. The number of carbonyl (C=O) groups excluding carboxylic acids is 1. The lowest BCUT2D eigenvalue weighted by molar-refractivity contribution is 0.0513. The molecular weight excluding hydrogens is 314 g/mol. The minimum atomic E-state index is -0.00537. The van der Waals surface area contributed by atoms with Crippen LogP contribution in [0.4, 0.5) is 0 Å².